The van der Waals surface area contributed by atoms with E-state index in [9.17, 15) is 9.59 Å². The molecule has 2 heterocycles. The van der Waals surface area contributed by atoms with Crippen molar-refractivity contribution in [2.75, 3.05) is 13.6 Å². The van der Waals surface area contributed by atoms with Gasteiger partial charge in [0.05, 0.1) is 0 Å². The molecule has 10 nitrogen and oxygen atoms in total. The molecule has 2 aliphatic heterocycles. The summed E-state index contributed by atoms with van der Waals surface area (Å²) in [6.45, 7) is 0.362. The van der Waals surface area contributed by atoms with Gasteiger partial charge in [-0.3, -0.25) is 0 Å². The zero-order valence-corrected chi connectivity index (χ0v) is 15.7. The molecule has 0 saturated carbocycles. The van der Waals surface area contributed by atoms with Crippen molar-refractivity contribution >= 4 is 11.9 Å². The molecule has 0 bridgehead atoms. The molecule has 4 N–H and O–H groups in total. The molecule has 0 aliphatic carbocycles. The van der Waals surface area contributed by atoms with Crippen molar-refractivity contribution < 1.29 is 49.0 Å². The van der Waals surface area contributed by atoms with E-state index in [1.165, 1.54) is 0 Å². The zero-order chi connectivity index (χ0) is 21.7. The van der Waals surface area contributed by atoms with E-state index < -0.39 is 24.1 Å². The van der Waals surface area contributed by atoms with Crippen LogP contribution in [0.15, 0.2) is 36.4 Å². The molecule has 2 unspecified atom stereocenters. The van der Waals surface area contributed by atoms with E-state index in [-0.39, 0.29) is 26.4 Å². The summed E-state index contributed by atoms with van der Waals surface area (Å²) in [5.74, 6) is 0.00245. The van der Waals surface area contributed by atoms with Gasteiger partial charge >= 0.3 is 11.9 Å². The van der Waals surface area contributed by atoms with E-state index in [2.05, 4.69) is 0 Å². The third-order valence-electron chi connectivity index (χ3n) is 4.30. The summed E-state index contributed by atoms with van der Waals surface area (Å²) in [7, 11) is 0. The van der Waals surface area contributed by atoms with Crippen LogP contribution in [0, 0.1) is 0 Å². The molecule has 0 amide bonds. The van der Waals surface area contributed by atoms with Gasteiger partial charge in [-0.2, -0.15) is 0 Å². The lowest BCUT2D eigenvalue weighted by Gasteiger charge is -2.05. The summed E-state index contributed by atoms with van der Waals surface area (Å²) in [4.78, 5) is 20.9. The Morgan fingerprint density at radius 2 is 1.07 bits per heavy atom. The smallest absolute Gasteiger partial charge is 0.332 e. The summed E-state index contributed by atoms with van der Waals surface area (Å²) in [5.41, 5.74) is 1.41. The van der Waals surface area contributed by atoms with E-state index in [1.807, 2.05) is 0 Å². The molecule has 160 valence electrons. The first-order valence-corrected chi connectivity index (χ1v) is 8.92. The van der Waals surface area contributed by atoms with Crippen molar-refractivity contribution in [2.45, 2.75) is 25.0 Å². The van der Waals surface area contributed by atoms with Crippen molar-refractivity contribution in [3.8, 4) is 23.0 Å². The lowest BCUT2D eigenvalue weighted by Crippen LogP contribution is -2.21. The molecule has 10 heteroatoms. The van der Waals surface area contributed by atoms with Crippen molar-refractivity contribution in [1.82, 2.24) is 0 Å². The molecule has 0 radical (unpaired) electrons. The largest absolute Gasteiger partial charge is 0.479 e. The number of rotatable bonds is 6. The van der Waals surface area contributed by atoms with Gasteiger partial charge in [0.2, 0.25) is 13.6 Å². The van der Waals surface area contributed by atoms with Gasteiger partial charge in [0.15, 0.2) is 35.2 Å². The molecule has 2 aromatic carbocycles. The predicted molar refractivity (Wildman–Crippen MR) is 99.8 cm³/mol. The zero-order valence-electron chi connectivity index (χ0n) is 15.7. The van der Waals surface area contributed by atoms with Crippen LogP contribution in [0.1, 0.15) is 11.1 Å². The minimum Gasteiger partial charge on any atom is -0.479 e. The van der Waals surface area contributed by atoms with E-state index in [0.29, 0.717) is 34.1 Å². The van der Waals surface area contributed by atoms with E-state index in [4.69, 9.17) is 39.4 Å². The number of benzene rings is 2. The number of hydrogen-bond acceptors (Lipinski definition) is 8. The van der Waals surface area contributed by atoms with Gasteiger partial charge in [-0.1, -0.05) is 12.1 Å². The molecule has 4 rings (SSSR count). The normalized spacial score (nSPS) is 15.0. The Balaban J connectivity index is 0.000000171. The number of fused-ring (bicyclic) bond motifs is 2. The molecule has 0 saturated heterocycles. The number of ether oxygens (including phenoxy) is 4. The van der Waals surface area contributed by atoms with Crippen LogP contribution in [0.4, 0.5) is 0 Å². The summed E-state index contributed by atoms with van der Waals surface area (Å²) in [6.07, 6.45) is -2.64. The highest BCUT2D eigenvalue weighted by molar-refractivity contribution is 5.72. The number of carboxylic acids is 2. The number of hydrogen-bond donors (Lipinski definition) is 4. The lowest BCUT2D eigenvalue weighted by molar-refractivity contribution is -0.147. The molecule has 0 fully saturated rings. The fraction of sp³-hybridized carbons (Fsp3) is 0.300. The molecular weight excluding hydrogens is 400 g/mol. The summed E-state index contributed by atoms with van der Waals surface area (Å²) >= 11 is 0. The van der Waals surface area contributed by atoms with Gasteiger partial charge in [0.25, 0.3) is 0 Å². The highest BCUT2D eigenvalue weighted by Gasteiger charge is 2.18. The van der Waals surface area contributed by atoms with Gasteiger partial charge < -0.3 is 39.4 Å². The fourth-order valence-corrected chi connectivity index (χ4v) is 2.76. The maximum absolute atomic E-state index is 10.4. The van der Waals surface area contributed by atoms with Gasteiger partial charge in [-0.25, -0.2) is 9.59 Å². The summed E-state index contributed by atoms with van der Waals surface area (Å²) < 4.78 is 20.5. The van der Waals surface area contributed by atoms with E-state index >= 15 is 0 Å². The fourth-order valence-electron chi connectivity index (χ4n) is 2.76. The molecule has 2 aromatic rings. The molecule has 2 atom stereocenters. The van der Waals surface area contributed by atoms with Crippen LogP contribution < -0.4 is 18.9 Å². The van der Waals surface area contributed by atoms with Gasteiger partial charge in [0.1, 0.15) is 0 Å². The first kappa shape index (κ1) is 21.2. The average Bonchev–Trinajstić information content (AvgIpc) is 3.36. The third kappa shape index (κ3) is 5.31. The van der Waals surface area contributed by atoms with Crippen LogP contribution in [-0.4, -0.2) is 58.2 Å². The molecular formula is C20H20O10. The second-order valence-electron chi connectivity index (χ2n) is 6.49. The Hall–Kier alpha value is -3.50. The Bertz CT molecular complexity index is 850. The van der Waals surface area contributed by atoms with Crippen LogP contribution in [-0.2, 0) is 22.4 Å². The molecule has 0 aromatic heterocycles. The predicted octanol–water partition coefficient (Wildman–Crippen LogP) is 0.807. The summed E-state index contributed by atoms with van der Waals surface area (Å²) in [6, 6.07) is 10.2. The average molecular weight is 420 g/mol. The lowest BCUT2D eigenvalue weighted by atomic mass is 10.1. The van der Waals surface area contributed by atoms with Crippen LogP contribution in [0.25, 0.3) is 0 Å². The number of carboxylic acid groups (broad SMARTS) is 2. The highest BCUT2D eigenvalue weighted by Crippen LogP contribution is 2.33. The number of aliphatic hydroxyl groups excluding tert-OH is 2. The quantitative estimate of drug-likeness (QED) is 0.528. The molecule has 2 aliphatic rings. The van der Waals surface area contributed by atoms with Crippen LogP contribution in [0.2, 0.25) is 0 Å². The van der Waals surface area contributed by atoms with Crippen LogP contribution in [0.5, 0.6) is 23.0 Å². The van der Waals surface area contributed by atoms with E-state index in [1.54, 1.807) is 36.4 Å². The van der Waals surface area contributed by atoms with Crippen molar-refractivity contribution in [1.29, 1.82) is 0 Å². The van der Waals surface area contributed by atoms with Crippen molar-refractivity contribution in [2.24, 2.45) is 0 Å². The van der Waals surface area contributed by atoms with Crippen LogP contribution in [0.3, 0.4) is 0 Å². The maximum Gasteiger partial charge on any atom is 0.332 e. The second-order valence-corrected chi connectivity index (χ2v) is 6.49. The standard InChI is InChI=1S/2C10H10O5/c2*11-7(10(12)13)3-6-1-2-8-9(4-6)15-5-14-8/h2*1-2,4,7,11H,3,5H2,(H,12,13). The summed E-state index contributed by atoms with van der Waals surface area (Å²) in [5, 5.41) is 35.4. The number of aliphatic hydroxyl groups is 2. The Morgan fingerprint density at radius 1 is 0.700 bits per heavy atom. The van der Waals surface area contributed by atoms with Gasteiger partial charge in [0, 0.05) is 12.8 Å². The van der Waals surface area contributed by atoms with Gasteiger partial charge in [-0.15, -0.1) is 0 Å². The molecule has 30 heavy (non-hydrogen) atoms. The van der Waals surface area contributed by atoms with Crippen LogP contribution >= 0.6 is 0 Å². The van der Waals surface area contributed by atoms with Crippen molar-refractivity contribution in [3.05, 3.63) is 47.5 Å². The Morgan fingerprint density at radius 3 is 1.43 bits per heavy atom. The molecule has 0 spiro atoms. The Kier molecular flexibility index (Phi) is 6.60. The third-order valence-corrected chi connectivity index (χ3v) is 4.30. The first-order valence-electron chi connectivity index (χ1n) is 8.92. The topological polar surface area (TPSA) is 152 Å². The first-order chi connectivity index (χ1) is 14.3. The van der Waals surface area contributed by atoms with E-state index in [0.717, 1.165) is 0 Å². The Labute approximate surface area is 170 Å². The minimum atomic E-state index is -1.38. The van der Waals surface area contributed by atoms with Crippen molar-refractivity contribution in [3.63, 3.8) is 0 Å². The second kappa shape index (κ2) is 9.33. The highest BCUT2D eigenvalue weighted by atomic mass is 16.7. The number of aliphatic carboxylic acids is 2. The SMILES string of the molecule is O=C(O)C(O)Cc1ccc2c(c1)OCO2.O=C(O)C(O)Cc1ccc2c(c1)OCO2. The van der Waals surface area contributed by atoms with Gasteiger partial charge in [-0.05, 0) is 35.4 Å². The minimum absolute atomic E-state index is 0.0615. The monoisotopic (exact) mass is 420 g/mol. The maximum atomic E-state index is 10.4. The number of carbonyl (C=O) groups is 2.